The van der Waals surface area contributed by atoms with Crippen LogP contribution in [0.3, 0.4) is 0 Å². The Kier molecular flexibility index (Phi) is 8.47. The number of anilines is 1. The first-order valence-electron chi connectivity index (χ1n) is 11.2. The highest BCUT2D eigenvalue weighted by Gasteiger charge is 2.16. The van der Waals surface area contributed by atoms with Gasteiger partial charge in [0.05, 0.1) is 6.10 Å². The molecular formula is C25H32N2O4. The van der Waals surface area contributed by atoms with Gasteiger partial charge in [-0.25, -0.2) is 0 Å². The molecule has 2 aromatic carbocycles. The fraction of sp³-hybridized carbons (Fsp3) is 0.440. The van der Waals surface area contributed by atoms with Crippen molar-refractivity contribution in [3.05, 3.63) is 59.7 Å². The lowest BCUT2D eigenvalue weighted by Gasteiger charge is -2.21. The molecule has 2 amide bonds. The molecule has 1 unspecified atom stereocenters. The molecule has 3 rings (SSSR count). The van der Waals surface area contributed by atoms with Crippen LogP contribution in [0.1, 0.15) is 60.2 Å². The Morgan fingerprint density at radius 1 is 1.00 bits per heavy atom. The number of ether oxygens (including phenoxy) is 2. The third kappa shape index (κ3) is 6.56. The van der Waals surface area contributed by atoms with Gasteiger partial charge in [0.1, 0.15) is 12.4 Å². The molecular weight excluding hydrogens is 392 g/mol. The highest BCUT2D eigenvalue weighted by Crippen LogP contribution is 2.18. The first-order chi connectivity index (χ1) is 15.1. The van der Waals surface area contributed by atoms with Crippen molar-refractivity contribution in [3.63, 3.8) is 0 Å². The molecule has 6 heteroatoms. The molecule has 0 radical (unpaired) electrons. The molecule has 1 heterocycles. The largest absolute Gasteiger partial charge is 0.491 e. The van der Waals surface area contributed by atoms with Crippen molar-refractivity contribution in [1.29, 1.82) is 0 Å². The van der Waals surface area contributed by atoms with Crippen LogP contribution >= 0.6 is 0 Å². The highest BCUT2D eigenvalue weighted by molar-refractivity contribution is 6.04. The molecule has 2 aromatic rings. The Labute approximate surface area is 184 Å². The summed E-state index contributed by atoms with van der Waals surface area (Å²) in [6, 6.07) is 14.1. The van der Waals surface area contributed by atoms with Crippen molar-refractivity contribution in [3.8, 4) is 5.75 Å². The predicted molar refractivity (Wildman–Crippen MR) is 122 cm³/mol. The Balaban J connectivity index is 1.54. The molecule has 1 saturated heterocycles. The van der Waals surface area contributed by atoms with Gasteiger partial charge in [0, 0.05) is 36.5 Å². The molecule has 166 valence electrons. The quantitative estimate of drug-likeness (QED) is 0.597. The van der Waals surface area contributed by atoms with Gasteiger partial charge >= 0.3 is 0 Å². The number of amides is 2. The number of carbonyl (C=O) groups excluding carboxylic acids is 2. The molecule has 0 spiro atoms. The SMILES string of the molecule is CCCN(CCC)C(=O)c1ccc(NC(=O)c2ccc(OCC3CCCO3)cc2)cc1. The molecule has 31 heavy (non-hydrogen) atoms. The summed E-state index contributed by atoms with van der Waals surface area (Å²) < 4.78 is 11.3. The van der Waals surface area contributed by atoms with Crippen LogP contribution in [0.5, 0.6) is 5.75 Å². The first kappa shape index (κ1) is 22.8. The van der Waals surface area contributed by atoms with Crippen LogP contribution in [-0.4, -0.2) is 49.1 Å². The zero-order chi connectivity index (χ0) is 22.1. The molecule has 0 aromatic heterocycles. The Bertz CT molecular complexity index is 837. The van der Waals surface area contributed by atoms with Crippen LogP contribution in [0.2, 0.25) is 0 Å². The Hall–Kier alpha value is -2.86. The molecule has 1 N–H and O–H groups in total. The van der Waals surface area contributed by atoms with Gasteiger partial charge in [0.25, 0.3) is 11.8 Å². The van der Waals surface area contributed by atoms with Crippen LogP contribution in [-0.2, 0) is 4.74 Å². The normalized spacial score (nSPS) is 15.5. The van der Waals surface area contributed by atoms with Gasteiger partial charge in [-0.3, -0.25) is 9.59 Å². The van der Waals surface area contributed by atoms with Crippen LogP contribution in [0, 0.1) is 0 Å². The minimum Gasteiger partial charge on any atom is -0.491 e. The number of hydrogen-bond donors (Lipinski definition) is 1. The molecule has 1 fully saturated rings. The standard InChI is InChI=1S/C25H32N2O4/c1-3-15-27(16-4-2)25(29)20-7-11-21(12-8-20)26-24(28)19-9-13-22(14-10-19)31-18-23-6-5-17-30-23/h7-14,23H,3-6,15-18H2,1-2H3,(H,26,28). The predicted octanol–water partition coefficient (Wildman–Crippen LogP) is 4.76. The number of benzene rings is 2. The van der Waals surface area contributed by atoms with Crippen molar-refractivity contribution in [1.82, 2.24) is 4.90 Å². The maximum absolute atomic E-state index is 12.7. The van der Waals surface area contributed by atoms with E-state index >= 15 is 0 Å². The van der Waals surface area contributed by atoms with Gasteiger partial charge in [-0.1, -0.05) is 13.8 Å². The van der Waals surface area contributed by atoms with Gasteiger partial charge in [-0.05, 0) is 74.2 Å². The molecule has 1 aliphatic rings. The molecule has 0 aliphatic carbocycles. The number of nitrogens with zero attached hydrogens (tertiary/aromatic N) is 1. The minimum atomic E-state index is -0.205. The number of rotatable bonds is 10. The number of hydrogen-bond acceptors (Lipinski definition) is 4. The average Bonchev–Trinajstić information content (AvgIpc) is 3.32. The van der Waals surface area contributed by atoms with Crippen molar-refractivity contribution in [2.75, 3.05) is 31.6 Å². The van der Waals surface area contributed by atoms with Crippen molar-refractivity contribution in [2.24, 2.45) is 0 Å². The van der Waals surface area contributed by atoms with Crippen LogP contribution in [0.15, 0.2) is 48.5 Å². The van der Waals surface area contributed by atoms with Gasteiger partial charge in [-0.15, -0.1) is 0 Å². The zero-order valence-corrected chi connectivity index (χ0v) is 18.4. The summed E-state index contributed by atoms with van der Waals surface area (Å²) in [6.07, 6.45) is 4.13. The smallest absolute Gasteiger partial charge is 0.255 e. The van der Waals surface area contributed by atoms with E-state index in [-0.39, 0.29) is 17.9 Å². The summed E-state index contributed by atoms with van der Waals surface area (Å²) in [6.45, 7) is 6.97. The van der Waals surface area contributed by atoms with Gasteiger partial charge < -0.3 is 19.7 Å². The number of nitrogens with one attached hydrogen (secondary N) is 1. The third-order valence-electron chi connectivity index (χ3n) is 5.24. The molecule has 0 saturated carbocycles. The second kappa shape index (κ2) is 11.5. The molecule has 1 aliphatic heterocycles. The molecule has 6 nitrogen and oxygen atoms in total. The van der Waals surface area contributed by atoms with E-state index in [4.69, 9.17) is 9.47 Å². The van der Waals surface area contributed by atoms with Gasteiger partial charge in [0.15, 0.2) is 0 Å². The molecule has 1 atom stereocenters. The van der Waals surface area contributed by atoms with Gasteiger partial charge in [-0.2, -0.15) is 0 Å². The summed E-state index contributed by atoms with van der Waals surface area (Å²) in [5, 5.41) is 2.88. The van der Waals surface area contributed by atoms with Crippen LogP contribution in [0.4, 0.5) is 5.69 Å². The van der Waals surface area contributed by atoms with Crippen LogP contribution < -0.4 is 10.1 Å². The fourth-order valence-corrected chi connectivity index (χ4v) is 3.60. The topological polar surface area (TPSA) is 67.9 Å². The van der Waals surface area contributed by atoms with E-state index in [0.717, 1.165) is 51.1 Å². The Morgan fingerprint density at radius 2 is 1.65 bits per heavy atom. The second-order valence-corrected chi connectivity index (χ2v) is 7.79. The lowest BCUT2D eigenvalue weighted by atomic mass is 10.1. The number of carbonyl (C=O) groups is 2. The molecule has 0 bridgehead atoms. The van der Waals surface area contributed by atoms with E-state index in [1.165, 1.54) is 0 Å². The average molecular weight is 425 g/mol. The zero-order valence-electron chi connectivity index (χ0n) is 18.4. The van der Waals surface area contributed by atoms with E-state index < -0.39 is 0 Å². The van der Waals surface area contributed by atoms with E-state index in [1.807, 2.05) is 4.90 Å². The summed E-state index contributed by atoms with van der Waals surface area (Å²) in [5.74, 6) is 0.544. The lowest BCUT2D eigenvalue weighted by molar-refractivity contribution is 0.0679. The minimum absolute atomic E-state index is 0.0279. The second-order valence-electron chi connectivity index (χ2n) is 7.79. The van der Waals surface area contributed by atoms with Crippen LogP contribution in [0.25, 0.3) is 0 Å². The van der Waals surface area contributed by atoms with E-state index in [1.54, 1.807) is 48.5 Å². The first-order valence-corrected chi connectivity index (χ1v) is 11.2. The van der Waals surface area contributed by atoms with Crippen molar-refractivity contribution in [2.45, 2.75) is 45.6 Å². The maximum Gasteiger partial charge on any atom is 0.255 e. The van der Waals surface area contributed by atoms with Crippen molar-refractivity contribution < 1.29 is 19.1 Å². The van der Waals surface area contributed by atoms with Crippen molar-refractivity contribution >= 4 is 17.5 Å². The summed E-state index contributed by atoms with van der Waals surface area (Å²) >= 11 is 0. The monoisotopic (exact) mass is 424 g/mol. The van der Waals surface area contributed by atoms with E-state index in [9.17, 15) is 9.59 Å². The highest BCUT2D eigenvalue weighted by atomic mass is 16.5. The maximum atomic E-state index is 12.7. The van der Waals surface area contributed by atoms with Gasteiger partial charge in [0.2, 0.25) is 0 Å². The fourth-order valence-electron chi connectivity index (χ4n) is 3.60. The summed E-state index contributed by atoms with van der Waals surface area (Å²) in [7, 11) is 0. The Morgan fingerprint density at radius 3 is 2.23 bits per heavy atom. The summed E-state index contributed by atoms with van der Waals surface area (Å²) in [5.41, 5.74) is 1.83. The van der Waals surface area contributed by atoms with E-state index in [2.05, 4.69) is 19.2 Å². The lowest BCUT2D eigenvalue weighted by Crippen LogP contribution is -2.32. The third-order valence-corrected chi connectivity index (χ3v) is 5.24. The van der Waals surface area contributed by atoms with E-state index in [0.29, 0.717) is 23.4 Å². The summed E-state index contributed by atoms with van der Waals surface area (Å²) in [4.78, 5) is 27.1.